The largest absolute Gasteiger partial charge is 0.329 e. The first kappa shape index (κ1) is 13.5. The van der Waals surface area contributed by atoms with E-state index in [2.05, 4.69) is 4.98 Å². The van der Waals surface area contributed by atoms with Crippen LogP contribution in [0.5, 0.6) is 0 Å². The molecule has 0 saturated heterocycles. The van der Waals surface area contributed by atoms with Crippen LogP contribution in [0.15, 0.2) is 33.9 Å². The standard InChI is InChI=1S/C13H12ClFN2O2/c1-7(2)17-12(18)10(11(14)16-13(17)19)8-3-5-9(15)6-4-8/h3-7H,1-2H3,(H,16,19). The summed E-state index contributed by atoms with van der Waals surface area (Å²) in [5, 5.41) is -0.0430. The zero-order chi connectivity index (χ0) is 14.2. The molecule has 0 aliphatic carbocycles. The number of hydrogen-bond acceptors (Lipinski definition) is 2. The zero-order valence-corrected chi connectivity index (χ0v) is 11.2. The summed E-state index contributed by atoms with van der Waals surface area (Å²) in [5.41, 5.74) is -0.428. The van der Waals surface area contributed by atoms with Crippen molar-refractivity contribution >= 4 is 11.6 Å². The Kier molecular flexibility index (Phi) is 3.57. The van der Waals surface area contributed by atoms with Gasteiger partial charge in [0.05, 0.1) is 5.56 Å². The maximum atomic E-state index is 12.9. The lowest BCUT2D eigenvalue weighted by molar-refractivity contribution is 0.547. The molecular formula is C13H12ClFN2O2. The molecule has 100 valence electrons. The van der Waals surface area contributed by atoms with E-state index < -0.39 is 17.1 Å². The Balaban J connectivity index is 2.77. The number of hydrogen-bond donors (Lipinski definition) is 1. The molecule has 4 nitrogen and oxygen atoms in total. The van der Waals surface area contributed by atoms with Gasteiger partial charge in [0.25, 0.3) is 5.56 Å². The second-order valence-electron chi connectivity index (χ2n) is 4.39. The maximum Gasteiger partial charge on any atom is 0.329 e. The maximum absolute atomic E-state index is 12.9. The van der Waals surface area contributed by atoms with Crippen LogP contribution in [0.3, 0.4) is 0 Å². The number of nitrogens with one attached hydrogen (secondary N) is 1. The van der Waals surface area contributed by atoms with Gasteiger partial charge >= 0.3 is 5.69 Å². The predicted molar refractivity (Wildman–Crippen MR) is 72.1 cm³/mol. The lowest BCUT2D eigenvalue weighted by atomic mass is 10.1. The molecule has 0 radical (unpaired) electrons. The van der Waals surface area contributed by atoms with Crippen LogP contribution in [0.2, 0.25) is 5.15 Å². The van der Waals surface area contributed by atoms with E-state index in [1.807, 2.05) is 0 Å². The molecule has 1 aromatic heterocycles. The molecule has 0 bridgehead atoms. The molecule has 0 saturated carbocycles. The summed E-state index contributed by atoms with van der Waals surface area (Å²) in [6, 6.07) is 5.06. The summed E-state index contributed by atoms with van der Waals surface area (Å²) < 4.78 is 14.0. The third kappa shape index (κ3) is 2.46. The van der Waals surface area contributed by atoms with Gasteiger partial charge in [-0.3, -0.25) is 14.3 Å². The number of nitrogens with zero attached hydrogens (tertiary/aromatic N) is 1. The van der Waals surface area contributed by atoms with Crippen LogP contribution in [0.4, 0.5) is 4.39 Å². The van der Waals surface area contributed by atoms with Gasteiger partial charge in [-0.15, -0.1) is 0 Å². The highest BCUT2D eigenvalue weighted by Gasteiger charge is 2.16. The number of aromatic nitrogens is 2. The van der Waals surface area contributed by atoms with Gasteiger partial charge in [-0.25, -0.2) is 9.18 Å². The van der Waals surface area contributed by atoms with Gasteiger partial charge in [0.1, 0.15) is 11.0 Å². The van der Waals surface area contributed by atoms with Crippen molar-refractivity contribution in [3.8, 4) is 11.1 Å². The van der Waals surface area contributed by atoms with E-state index in [1.165, 1.54) is 24.3 Å². The topological polar surface area (TPSA) is 54.9 Å². The number of H-pyrrole nitrogens is 1. The van der Waals surface area contributed by atoms with Gasteiger partial charge in [0.15, 0.2) is 0 Å². The van der Waals surface area contributed by atoms with Crippen LogP contribution >= 0.6 is 11.6 Å². The van der Waals surface area contributed by atoms with Crippen molar-refractivity contribution in [1.29, 1.82) is 0 Å². The van der Waals surface area contributed by atoms with Crippen molar-refractivity contribution in [3.63, 3.8) is 0 Å². The van der Waals surface area contributed by atoms with Crippen LogP contribution in [0.1, 0.15) is 19.9 Å². The van der Waals surface area contributed by atoms with Gasteiger partial charge in [0, 0.05) is 6.04 Å². The van der Waals surface area contributed by atoms with Crippen molar-refractivity contribution in [2.24, 2.45) is 0 Å². The number of halogens is 2. The first-order chi connectivity index (χ1) is 8.91. The molecule has 0 amide bonds. The second-order valence-corrected chi connectivity index (χ2v) is 4.77. The Labute approximate surface area is 113 Å². The molecule has 2 aromatic rings. The summed E-state index contributed by atoms with van der Waals surface area (Å²) in [6.45, 7) is 3.44. The van der Waals surface area contributed by atoms with Gasteiger partial charge < -0.3 is 0 Å². The van der Waals surface area contributed by atoms with E-state index in [1.54, 1.807) is 13.8 Å². The Morgan fingerprint density at radius 1 is 1.21 bits per heavy atom. The minimum absolute atomic E-state index is 0.0430. The average molecular weight is 283 g/mol. The zero-order valence-electron chi connectivity index (χ0n) is 10.4. The minimum Gasteiger partial charge on any atom is -0.297 e. The molecule has 0 unspecified atom stereocenters. The molecule has 6 heteroatoms. The Morgan fingerprint density at radius 2 is 1.79 bits per heavy atom. The molecule has 0 atom stereocenters. The van der Waals surface area contributed by atoms with Gasteiger partial charge in [-0.1, -0.05) is 23.7 Å². The van der Waals surface area contributed by atoms with Crippen LogP contribution in [0, 0.1) is 5.82 Å². The predicted octanol–water partition coefficient (Wildman–Crippen LogP) is 2.58. The summed E-state index contributed by atoms with van der Waals surface area (Å²) >= 11 is 5.92. The molecule has 0 fully saturated rings. The van der Waals surface area contributed by atoms with E-state index >= 15 is 0 Å². The smallest absolute Gasteiger partial charge is 0.297 e. The van der Waals surface area contributed by atoms with Crippen molar-refractivity contribution < 1.29 is 4.39 Å². The average Bonchev–Trinajstić information content (AvgIpc) is 2.30. The Morgan fingerprint density at radius 3 is 2.32 bits per heavy atom. The summed E-state index contributed by atoms with van der Waals surface area (Å²) in [6.07, 6.45) is 0. The third-order valence-corrected chi connectivity index (χ3v) is 3.02. The highest BCUT2D eigenvalue weighted by atomic mass is 35.5. The van der Waals surface area contributed by atoms with Crippen molar-refractivity contribution in [2.45, 2.75) is 19.9 Å². The SMILES string of the molecule is CC(C)n1c(=O)[nH]c(Cl)c(-c2ccc(F)cc2)c1=O. The van der Waals surface area contributed by atoms with Crippen LogP contribution in [-0.2, 0) is 0 Å². The Bertz CT molecular complexity index is 717. The van der Waals surface area contributed by atoms with E-state index in [-0.39, 0.29) is 16.8 Å². The fourth-order valence-corrected chi connectivity index (χ4v) is 2.13. The molecule has 0 aliphatic rings. The summed E-state index contributed by atoms with van der Waals surface area (Å²) in [4.78, 5) is 26.4. The minimum atomic E-state index is -0.559. The van der Waals surface area contributed by atoms with Crippen LogP contribution in [-0.4, -0.2) is 9.55 Å². The van der Waals surface area contributed by atoms with Gasteiger partial charge in [-0.05, 0) is 31.5 Å². The molecule has 2 rings (SSSR count). The molecule has 0 spiro atoms. The number of aromatic amines is 1. The van der Waals surface area contributed by atoms with E-state index in [4.69, 9.17) is 11.6 Å². The molecular weight excluding hydrogens is 271 g/mol. The van der Waals surface area contributed by atoms with Gasteiger partial charge in [-0.2, -0.15) is 0 Å². The highest BCUT2D eigenvalue weighted by molar-refractivity contribution is 6.32. The quantitative estimate of drug-likeness (QED) is 0.861. The molecule has 1 heterocycles. The van der Waals surface area contributed by atoms with Crippen LogP contribution < -0.4 is 11.2 Å². The second kappa shape index (κ2) is 5.01. The first-order valence-corrected chi connectivity index (χ1v) is 6.10. The molecule has 0 aliphatic heterocycles. The third-order valence-electron chi connectivity index (χ3n) is 2.74. The Hall–Kier alpha value is -1.88. The van der Waals surface area contributed by atoms with E-state index in [0.717, 1.165) is 4.57 Å². The fraction of sp³-hybridized carbons (Fsp3) is 0.231. The first-order valence-electron chi connectivity index (χ1n) is 5.72. The number of rotatable bonds is 2. The monoisotopic (exact) mass is 282 g/mol. The van der Waals surface area contributed by atoms with Crippen LogP contribution in [0.25, 0.3) is 11.1 Å². The van der Waals surface area contributed by atoms with Crippen molar-refractivity contribution in [3.05, 3.63) is 56.1 Å². The summed E-state index contributed by atoms with van der Waals surface area (Å²) in [7, 11) is 0. The lowest BCUT2D eigenvalue weighted by Gasteiger charge is -2.11. The lowest BCUT2D eigenvalue weighted by Crippen LogP contribution is -2.37. The molecule has 1 N–H and O–H groups in total. The van der Waals surface area contributed by atoms with E-state index in [9.17, 15) is 14.0 Å². The normalized spacial score (nSPS) is 11.0. The van der Waals surface area contributed by atoms with Crippen molar-refractivity contribution in [2.75, 3.05) is 0 Å². The number of benzene rings is 1. The summed E-state index contributed by atoms with van der Waals surface area (Å²) in [5.74, 6) is -0.409. The fourth-order valence-electron chi connectivity index (χ4n) is 1.86. The van der Waals surface area contributed by atoms with Gasteiger partial charge in [0.2, 0.25) is 0 Å². The molecule has 1 aromatic carbocycles. The highest BCUT2D eigenvalue weighted by Crippen LogP contribution is 2.22. The molecule has 19 heavy (non-hydrogen) atoms. The van der Waals surface area contributed by atoms with Crippen molar-refractivity contribution in [1.82, 2.24) is 9.55 Å². The van der Waals surface area contributed by atoms with E-state index in [0.29, 0.717) is 5.56 Å².